The average Bonchev–Trinajstić information content (AvgIpc) is 2.64. The number of amides is 2. The predicted octanol–water partition coefficient (Wildman–Crippen LogP) is 2.51. The molecule has 0 fully saturated rings. The van der Waals surface area contributed by atoms with Crippen molar-refractivity contribution in [2.24, 2.45) is 0 Å². The first-order chi connectivity index (χ1) is 12.5. The summed E-state index contributed by atoms with van der Waals surface area (Å²) < 4.78 is 12.9. The van der Waals surface area contributed by atoms with Gasteiger partial charge in [0.25, 0.3) is 0 Å². The van der Waals surface area contributed by atoms with Crippen LogP contribution in [0.3, 0.4) is 0 Å². The molecule has 0 aliphatic heterocycles. The van der Waals surface area contributed by atoms with E-state index in [0.29, 0.717) is 31.6 Å². The molecular formula is C20H24FN3O2. The van der Waals surface area contributed by atoms with Crippen molar-refractivity contribution in [3.8, 4) is 0 Å². The Balaban J connectivity index is 1.81. The molecule has 2 aromatic rings. The van der Waals surface area contributed by atoms with Gasteiger partial charge in [0, 0.05) is 25.2 Å². The fraction of sp³-hybridized carbons (Fsp3) is 0.300. The van der Waals surface area contributed by atoms with Crippen LogP contribution in [-0.4, -0.2) is 29.8 Å². The largest absolute Gasteiger partial charge is 0.399 e. The van der Waals surface area contributed by atoms with Crippen molar-refractivity contribution in [1.29, 1.82) is 0 Å². The Morgan fingerprint density at radius 3 is 2.46 bits per heavy atom. The Kier molecular flexibility index (Phi) is 7.14. The van der Waals surface area contributed by atoms with Crippen molar-refractivity contribution in [3.05, 3.63) is 65.5 Å². The number of nitrogens with one attached hydrogen (secondary N) is 1. The minimum absolute atomic E-state index is 0.000793. The van der Waals surface area contributed by atoms with Gasteiger partial charge < -0.3 is 16.0 Å². The zero-order valence-electron chi connectivity index (χ0n) is 14.9. The summed E-state index contributed by atoms with van der Waals surface area (Å²) >= 11 is 0. The van der Waals surface area contributed by atoms with E-state index in [9.17, 15) is 14.0 Å². The molecule has 0 atom stereocenters. The second kappa shape index (κ2) is 9.56. The lowest BCUT2D eigenvalue weighted by Gasteiger charge is -2.20. The first-order valence-electron chi connectivity index (χ1n) is 8.62. The van der Waals surface area contributed by atoms with Crippen molar-refractivity contribution >= 4 is 17.5 Å². The molecule has 26 heavy (non-hydrogen) atoms. The fourth-order valence-corrected chi connectivity index (χ4v) is 2.57. The molecule has 138 valence electrons. The number of nitrogens with zero attached hydrogens (tertiary/aromatic N) is 1. The number of carbonyl (C=O) groups is 2. The van der Waals surface area contributed by atoms with Crippen LogP contribution in [0.1, 0.15) is 24.5 Å². The third-order valence-electron chi connectivity index (χ3n) is 4.14. The maximum Gasteiger partial charge on any atom is 0.239 e. The summed E-state index contributed by atoms with van der Waals surface area (Å²) in [4.78, 5) is 26.0. The van der Waals surface area contributed by atoms with Gasteiger partial charge in [-0.2, -0.15) is 0 Å². The lowest BCUT2D eigenvalue weighted by Crippen LogP contribution is -2.40. The lowest BCUT2D eigenvalue weighted by molar-refractivity contribution is -0.135. The second-order valence-corrected chi connectivity index (χ2v) is 6.01. The van der Waals surface area contributed by atoms with Crippen LogP contribution in [0.5, 0.6) is 0 Å². The Labute approximate surface area is 153 Å². The van der Waals surface area contributed by atoms with Crippen LogP contribution in [0.2, 0.25) is 0 Å². The molecular weight excluding hydrogens is 333 g/mol. The van der Waals surface area contributed by atoms with Crippen molar-refractivity contribution in [1.82, 2.24) is 10.2 Å². The topological polar surface area (TPSA) is 75.4 Å². The molecule has 0 aliphatic carbocycles. The number of anilines is 1. The van der Waals surface area contributed by atoms with Gasteiger partial charge in [0.05, 0.1) is 6.54 Å². The van der Waals surface area contributed by atoms with Gasteiger partial charge in [-0.15, -0.1) is 0 Å². The molecule has 0 unspecified atom stereocenters. The number of carbonyl (C=O) groups excluding carboxylic acids is 2. The number of nitrogens with two attached hydrogens (primary N) is 1. The summed E-state index contributed by atoms with van der Waals surface area (Å²) in [5, 5.41) is 2.75. The van der Waals surface area contributed by atoms with Crippen LogP contribution in [0.15, 0.2) is 48.5 Å². The molecule has 2 amide bonds. The Morgan fingerprint density at radius 1 is 1.12 bits per heavy atom. The Bertz CT molecular complexity index is 747. The maximum absolute atomic E-state index is 12.9. The molecule has 5 nitrogen and oxygen atoms in total. The van der Waals surface area contributed by atoms with Crippen molar-refractivity contribution in [2.75, 3.05) is 18.8 Å². The van der Waals surface area contributed by atoms with E-state index >= 15 is 0 Å². The number of benzene rings is 2. The minimum Gasteiger partial charge on any atom is -0.399 e. The molecule has 3 N–H and O–H groups in total. The number of hydrogen-bond acceptors (Lipinski definition) is 3. The van der Waals surface area contributed by atoms with Gasteiger partial charge in [-0.25, -0.2) is 4.39 Å². The molecule has 0 heterocycles. The number of hydrogen-bond donors (Lipinski definition) is 2. The van der Waals surface area contributed by atoms with Crippen molar-refractivity contribution < 1.29 is 14.0 Å². The molecule has 2 rings (SSSR count). The van der Waals surface area contributed by atoms with E-state index in [-0.39, 0.29) is 24.2 Å². The van der Waals surface area contributed by atoms with Crippen LogP contribution in [-0.2, 0) is 22.6 Å². The molecule has 2 aromatic carbocycles. The molecule has 6 heteroatoms. The minimum atomic E-state index is -0.318. The predicted molar refractivity (Wildman–Crippen MR) is 99.7 cm³/mol. The fourth-order valence-electron chi connectivity index (χ4n) is 2.57. The highest BCUT2D eigenvalue weighted by molar-refractivity contribution is 5.84. The molecule has 0 saturated heterocycles. The summed E-state index contributed by atoms with van der Waals surface area (Å²) in [6.45, 7) is 2.58. The van der Waals surface area contributed by atoms with E-state index in [4.69, 9.17) is 5.73 Å². The van der Waals surface area contributed by atoms with E-state index in [1.54, 1.807) is 18.2 Å². The third kappa shape index (κ3) is 5.88. The molecule has 0 bridgehead atoms. The smallest absolute Gasteiger partial charge is 0.239 e. The highest BCUT2D eigenvalue weighted by Gasteiger charge is 2.15. The summed E-state index contributed by atoms with van der Waals surface area (Å²) in [6, 6.07) is 13.4. The van der Waals surface area contributed by atoms with E-state index in [1.807, 2.05) is 25.1 Å². The standard InChI is InChI=1S/C20H24FN3O2/c1-2-24(20(26)12-9-16-5-3-4-6-18(16)22)14-19(25)23-13-15-7-10-17(21)11-8-15/h3-8,10-11H,2,9,12-14,22H2,1H3,(H,23,25). The number of nitrogen functional groups attached to an aromatic ring is 1. The summed E-state index contributed by atoms with van der Waals surface area (Å²) in [7, 11) is 0. The van der Waals surface area contributed by atoms with Gasteiger partial charge in [0.2, 0.25) is 11.8 Å². The van der Waals surface area contributed by atoms with Crippen LogP contribution in [0.4, 0.5) is 10.1 Å². The first kappa shape index (κ1) is 19.4. The zero-order chi connectivity index (χ0) is 18.9. The van der Waals surface area contributed by atoms with E-state index in [2.05, 4.69) is 5.32 Å². The van der Waals surface area contributed by atoms with Gasteiger partial charge in [-0.3, -0.25) is 9.59 Å². The van der Waals surface area contributed by atoms with Gasteiger partial charge in [0.1, 0.15) is 5.82 Å². The number of para-hydroxylation sites is 1. The van der Waals surface area contributed by atoms with Gasteiger partial charge in [-0.05, 0) is 42.7 Å². The number of aryl methyl sites for hydroxylation is 1. The Morgan fingerprint density at radius 2 is 1.81 bits per heavy atom. The van der Waals surface area contributed by atoms with Crippen LogP contribution in [0.25, 0.3) is 0 Å². The molecule has 0 aromatic heterocycles. The number of halogens is 1. The van der Waals surface area contributed by atoms with Crippen molar-refractivity contribution in [2.45, 2.75) is 26.3 Å². The van der Waals surface area contributed by atoms with Crippen LogP contribution >= 0.6 is 0 Å². The van der Waals surface area contributed by atoms with Gasteiger partial charge in [-0.1, -0.05) is 30.3 Å². The number of likely N-dealkylation sites (N-methyl/N-ethyl adjacent to an activating group) is 1. The summed E-state index contributed by atoms with van der Waals surface area (Å²) in [5.41, 5.74) is 8.28. The highest BCUT2D eigenvalue weighted by atomic mass is 19.1. The zero-order valence-corrected chi connectivity index (χ0v) is 14.9. The van der Waals surface area contributed by atoms with Crippen LogP contribution < -0.4 is 11.1 Å². The Hall–Kier alpha value is -2.89. The third-order valence-corrected chi connectivity index (χ3v) is 4.14. The quantitative estimate of drug-likeness (QED) is 0.713. The second-order valence-electron chi connectivity index (χ2n) is 6.01. The number of rotatable bonds is 8. The summed E-state index contributed by atoms with van der Waals surface area (Å²) in [5.74, 6) is -0.654. The monoisotopic (exact) mass is 357 g/mol. The van der Waals surface area contributed by atoms with Gasteiger partial charge >= 0.3 is 0 Å². The normalized spacial score (nSPS) is 10.4. The van der Waals surface area contributed by atoms with Crippen LogP contribution in [0, 0.1) is 5.82 Å². The average molecular weight is 357 g/mol. The van der Waals surface area contributed by atoms with E-state index < -0.39 is 0 Å². The lowest BCUT2D eigenvalue weighted by atomic mass is 10.1. The molecule has 0 aliphatic rings. The van der Waals surface area contributed by atoms with E-state index in [0.717, 1.165) is 11.1 Å². The molecule has 0 radical (unpaired) electrons. The van der Waals surface area contributed by atoms with Crippen molar-refractivity contribution in [3.63, 3.8) is 0 Å². The molecule has 0 saturated carbocycles. The van der Waals surface area contributed by atoms with Gasteiger partial charge in [0.15, 0.2) is 0 Å². The first-order valence-corrected chi connectivity index (χ1v) is 8.62. The highest BCUT2D eigenvalue weighted by Crippen LogP contribution is 2.13. The SMILES string of the molecule is CCN(CC(=O)NCc1ccc(F)cc1)C(=O)CCc1ccccc1N. The summed E-state index contributed by atoms with van der Waals surface area (Å²) in [6.07, 6.45) is 0.840. The molecule has 0 spiro atoms. The maximum atomic E-state index is 12.9. The van der Waals surface area contributed by atoms with E-state index in [1.165, 1.54) is 17.0 Å².